The highest BCUT2D eigenvalue weighted by Gasteiger charge is 2.66. The number of carbonyl (C=O) groups is 2. The van der Waals surface area contributed by atoms with Crippen molar-refractivity contribution in [3.05, 3.63) is 65.5 Å². The van der Waals surface area contributed by atoms with E-state index in [1.165, 1.54) is 0 Å². The lowest BCUT2D eigenvalue weighted by Gasteiger charge is -2.32. The van der Waals surface area contributed by atoms with E-state index >= 15 is 0 Å². The maximum Gasteiger partial charge on any atom is 0.264 e. The summed E-state index contributed by atoms with van der Waals surface area (Å²) in [5.74, 6) is 0.333. The molecule has 240 valence electrons. The summed E-state index contributed by atoms with van der Waals surface area (Å²) in [5, 5.41) is 17.6. The number of aliphatic hydroxyl groups excluding tert-OH is 1. The molecule has 4 heterocycles. The van der Waals surface area contributed by atoms with Gasteiger partial charge in [-0.05, 0) is 68.3 Å². The number of carbonyl (C=O) groups excluding carboxylic acids is 2. The number of amides is 2. The SMILES string of the molecule is COc1ccc2c(c1)[C@]1(O[C@@H](CCn3cc(CCO)nn3)[C@H]([Si](C)(C)O)[C@H]1C)C(=O)N2Cc1ccc(N2CCCCC2=O)cc1. The highest BCUT2D eigenvalue weighted by Crippen LogP contribution is 2.60. The van der Waals surface area contributed by atoms with Crippen molar-refractivity contribution < 1.29 is 29.0 Å². The van der Waals surface area contributed by atoms with E-state index < -0.39 is 13.9 Å². The molecule has 0 radical (unpaired) electrons. The smallest absolute Gasteiger partial charge is 0.264 e. The third-order valence-electron chi connectivity index (χ3n) is 9.70. The Morgan fingerprint density at radius 3 is 2.60 bits per heavy atom. The molecule has 11 nitrogen and oxygen atoms in total. The molecule has 12 heteroatoms. The maximum atomic E-state index is 14.7. The lowest BCUT2D eigenvalue weighted by atomic mass is 9.82. The largest absolute Gasteiger partial charge is 0.497 e. The molecular weight excluding hydrogens is 590 g/mol. The van der Waals surface area contributed by atoms with Gasteiger partial charge in [0.25, 0.3) is 5.91 Å². The monoisotopic (exact) mass is 633 g/mol. The van der Waals surface area contributed by atoms with Crippen LogP contribution in [0.3, 0.4) is 0 Å². The fourth-order valence-corrected chi connectivity index (χ4v) is 10.2. The van der Waals surface area contributed by atoms with Crippen molar-refractivity contribution in [3.63, 3.8) is 0 Å². The molecule has 2 amide bonds. The van der Waals surface area contributed by atoms with Gasteiger partial charge in [-0.1, -0.05) is 24.3 Å². The Bertz CT molecular complexity index is 1560. The van der Waals surface area contributed by atoms with Gasteiger partial charge < -0.3 is 29.2 Å². The second-order valence-electron chi connectivity index (χ2n) is 13.0. The summed E-state index contributed by atoms with van der Waals surface area (Å²) < 4.78 is 14.3. The van der Waals surface area contributed by atoms with Gasteiger partial charge in [-0.15, -0.1) is 5.10 Å². The Balaban J connectivity index is 1.31. The number of anilines is 2. The van der Waals surface area contributed by atoms with Gasteiger partial charge in [0, 0.05) is 61.4 Å². The Labute approximate surface area is 264 Å². The highest BCUT2D eigenvalue weighted by molar-refractivity contribution is 6.71. The summed E-state index contributed by atoms with van der Waals surface area (Å²) in [7, 11) is -1.22. The molecule has 3 aliphatic rings. The topological polar surface area (TPSA) is 130 Å². The number of fused-ring (bicyclic) bond motifs is 2. The third-order valence-corrected chi connectivity index (χ3v) is 12.2. The van der Waals surface area contributed by atoms with Crippen molar-refractivity contribution in [1.82, 2.24) is 15.0 Å². The summed E-state index contributed by atoms with van der Waals surface area (Å²) >= 11 is 0. The lowest BCUT2D eigenvalue weighted by molar-refractivity contribution is -0.146. The second kappa shape index (κ2) is 12.3. The lowest BCUT2D eigenvalue weighted by Crippen LogP contribution is -2.46. The van der Waals surface area contributed by atoms with E-state index in [4.69, 9.17) is 9.47 Å². The van der Waals surface area contributed by atoms with Crippen LogP contribution in [-0.2, 0) is 39.4 Å². The predicted octanol–water partition coefficient (Wildman–Crippen LogP) is 3.77. The summed E-state index contributed by atoms with van der Waals surface area (Å²) in [6, 6.07) is 13.6. The summed E-state index contributed by atoms with van der Waals surface area (Å²) in [6.45, 7) is 7.42. The molecule has 6 rings (SSSR count). The third kappa shape index (κ3) is 5.69. The van der Waals surface area contributed by atoms with Gasteiger partial charge in [0.05, 0.1) is 31.1 Å². The Morgan fingerprint density at radius 1 is 1.13 bits per heavy atom. The molecule has 3 aromatic rings. The van der Waals surface area contributed by atoms with Gasteiger partial charge in [0.15, 0.2) is 13.9 Å². The number of aliphatic hydroxyl groups is 1. The van der Waals surface area contributed by atoms with Gasteiger partial charge in [0.2, 0.25) is 5.91 Å². The summed E-state index contributed by atoms with van der Waals surface area (Å²) in [6.07, 6.45) is 4.90. The van der Waals surface area contributed by atoms with Gasteiger partial charge >= 0.3 is 0 Å². The van der Waals surface area contributed by atoms with Crippen molar-refractivity contribution in [2.75, 3.05) is 30.1 Å². The van der Waals surface area contributed by atoms with E-state index in [-0.39, 0.29) is 36.0 Å². The van der Waals surface area contributed by atoms with E-state index in [1.54, 1.807) is 16.7 Å². The van der Waals surface area contributed by atoms with E-state index in [9.17, 15) is 19.5 Å². The zero-order valence-electron chi connectivity index (χ0n) is 26.5. The molecule has 2 N–H and O–H groups in total. The van der Waals surface area contributed by atoms with Gasteiger partial charge in [-0.3, -0.25) is 14.3 Å². The molecule has 0 aliphatic carbocycles. The minimum absolute atomic E-state index is 0.000582. The Kier molecular flexibility index (Phi) is 8.59. The van der Waals surface area contributed by atoms with Crippen LogP contribution in [0.4, 0.5) is 11.4 Å². The summed E-state index contributed by atoms with van der Waals surface area (Å²) in [5.41, 5.74) is 2.55. The van der Waals surface area contributed by atoms with Crippen molar-refractivity contribution >= 4 is 31.5 Å². The van der Waals surface area contributed by atoms with Crippen molar-refractivity contribution in [2.45, 2.75) is 82.5 Å². The molecule has 0 bridgehead atoms. The molecule has 2 saturated heterocycles. The molecule has 45 heavy (non-hydrogen) atoms. The number of nitrogens with zero attached hydrogens (tertiary/aromatic N) is 5. The number of aromatic nitrogens is 3. The van der Waals surface area contributed by atoms with Gasteiger partial charge in [-0.2, -0.15) is 0 Å². The van der Waals surface area contributed by atoms with Crippen LogP contribution in [0, 0.1) is 5.92 Å². The van der Waals surface area contributed by atoms with Crippen LogP contribution >= 0.6 is 0 Å². The van der Waals surface area contributed by atoms with Crippen molar-refractivity contribution in [3.8, 4) is 5.75 Å². The molecule has 0 unspecified atom stereocenters. The number of methoxy groups -OCH3 is 1. The number of hydrogen-bond acceptors (Lipinski definition) is 8. The van der Waals surface area contributed by atoms with E-state index in [0.29, 0.717) is 43.8 Å². The van der Waals surface area contributed by atoms with E-state index in [1.807, 2.05) is 73.6 Å². The number of rotatable bonds is 10. The predicted molar refractivity (Wildman–Crippen MR) is 171 cm³/mol. The highest BCUT2D eigenvalue weighted by atomic mass is 28.4. The fourth-order valence-electron chi connectivity index (χ4n) is 7.59. The number of piperidine rings is 1. The van der Waals surface area contributed by atoms with Crippen LogP contribution < -0.4 is 14.5 Å². The first-order chi connectivity index (χ1) is 21.6. The normalized spacial score (nSPS) is 25.0. The maximum absolute atomic E-state index is 14.7. The average Bonchev–Trinajstić information content (AvgIpc) is 3.66. The van der Waals surface area contributed by atoms with E-state index in [2.05, 4.69) is 10.3 Å². The molecular formula is C33H43N5O6Si. The number of hydrogen-bond donors (Lipinski definition) is 2. The molecule has 3 aliphatic heterocycles. The first kappa shape index (κ1) is 31.4. The second-order valence-corrected chi connectivity index (χ2v) is 17.0. The molecule has 1 aromatic heterocycles. The first-order valence-corrected chi connectivity index (χ1v) is 18.9. The number of ether oxygens (including phenoxy) is 2. The molecule has 1 spiro atoms. The van der Waals surface area contributed by atoms with Gasteiger partial charge in [0.1, 0.15) is 5.75 Å². The summed E-state index contributed by atoms with van der Waals surface area (Å²) in [4.78, 5) is 42.4. The van der Waals surface area contributed by atoms with Gasteiger partial charge in [-0.25, -0.2) is 0 Å². The van der Waals surface area contributed by atoms with E-state index in [0.717, 1.165) is 41.9 Å². The fraction of sp³-hybridized carbons (Fsp3) is 0.515. The van der Waals surface area contributed by atoms with Crippen LogP contribution in [0.15, 0.2) is 48.7 Å². The zero-order valence-corrected chi connectivity index (χ0v) is 27.5. The molecule has 2 aromatic carbocycles. The van der Waals surface area contributed by atoms with Crippen LogP contribution in [0.25, 0.3) is 0 Å². The molecule has 4 atom stereocenters. The quantitative estimate of drug-likeness (QED) is 0.323. The van der Waals surface area contributed by atoms with Crippen LogP contribution in [-0.4, -0.2) is 71.4 Å². The van der Waals surface area contributed by atoms with Crippen molar-refractivity contribution in [1.29, 1.82) is 0 Å². The Morgan fingerprint density at radius 2 is 1.91 bits per heavy atom. The van der Waals surface area contributed by atoms with Crippen LogP contribution in [0.1, 0.15) is 49.4 Å². The number of aryl methyl sites for hydroxylation is 1. The molecule has 2 fully saturated rings. The minimum Gasteiger partial charge on any atom is -0.497 e. The number of benzene rings is 2. The standard InChI is InChI=1S/C33H43N5O6Si/c1-22-31(45(3,4)42)29(14-17-36-21-24(15-18-39)34-35-36)44-33(22)27-19-26(43-2)12-13-28(27)38(32(33)41)20-23-8-10-25(11-9-23)37-16-6-5-7-30(37)40/h8-13,19,21-22,29,31,39,42H,5-7,14-18,20H2,1-4H3/t22-,29+,31-,33+/m1/s1. The average molecular weight is 634 g/mol. The van der Waals surface area contributed by atoms with Crippen molar-refractivity contribution in [2.24, 2.45) is 5.92 Å². The minimum atomic E-state index is -2.82. The van der Waals surface area contributed by atoms with Crippen LogP contribution in [0.5, 0.6) is 5.75 Å². The zero-order chi connectivity index (χ0) is 31.9. The van der Waals surface area contributed by atoms with Crippen LogP contribution in [0.2, 0.25) is 18.6 Å². The molecule has 0 saturated carbocycles. The Hall–Kier alpha value is -3.58. The first-order valence-electron chi connectivity index (χ1n) is 15.9.